The van der Waals surface area contributed by atoms with Crippen LogP contribution in [0.5, 0.6) is 5.75 Å². The average Bonchev–Trinajstić information content (AvgIpc) is 2.71. The Hall–Kier alpha value is -2.77. The fourth-order valence-corrected chi connectivity index (χ4v) is 2.98. The molecule has 34 heavy (non-hydrogen) atoms. The molecule has 0 atom stereocenters. The molecule has 0 radical (unpaired) electrons. The zero-order chi connectivity index (χ0) is 25.6. The van der Waals surface area contributed by atoms with Crippen molar-refractivity contribution in [3.05, 3.63) is 29.8 Å². The second kappa shape index (κ2) is 14.5. The van der Waals surface area contributed by atoms with Crippen LogP contribution in [0, 0.1) is 0 Å². The Balaban J connectivity index is 2.13. The van der Waals surface area contributed by atoms with E-state index in [4.69, 9.17) is 14.2 Å². The third-order valence-electron chi connectivity index (χ3n) is 4.46. The standard InChI is InChI=1S/C26H42N2O6/c1-25(2,3)33-23(30)20-15-11-12-16-21(20)32-19-22(29)27-17-13-9-7-8-10-14-18-28-24(31)34-26(4,5)6/h11-12,15-16H,7-10,13-14,17-19H2,1-6H3,(H,27,29)(H,28,31). The fraction of sp³-hybridized carbons (Fsp3) is 0.654. The van der Waals surface area contributed by atoms with Crippen LogP contribution < -0.4 is 15.4 Å². The topological polar surface area (TPSA) is 103 Å². The van der Waals surface area contributed by atoms with Gasteiger partial charge in [0.25, 0.3) is 5.91 Å². The third-order valence-corrected chi connectivity index (χ3v) is 4.46. The summed E-state index contributed by atoms with van der Waals surface area (Å²) >= 11 is 0. The number of alkyl carbamates (subject to hydrolysis) is 1. The molecule has 8 heteroatoms. The summed E-state index contributed by atoms with van der Waals surface area (Å²) < 4.78 is 16.1. The van der Waals surface area contributed by atoms with Crippen LogP contribution in [-0.2, 0) is 14.3 Å². The van der Waals surface area contributed by atoms with Gasteiger partial charge in [-0.2, -0.15) is 0 Å². The van der Waals surface area contributed by atoms with Crippen LogP contribution in [0.25, 0.3) is 0 Å². The molecule has 0 bridgehead atoms. The fourth-order valence-electron chi connectivity index (χ4n) is 2.98. The summed E-state index contributed by atoms with van der Waals surface area (Å²) in [5, 5.41) is 5.60. The van der Waals surface area contributed by atoms with E-state index in [1.165, 1.54) is 0 Å². The number of ether oxygens (including phenoxy) is 3. The normalized spacial score (nSPS) is 11.5. The van der Waals surface area contributed by atoms with Gasteiger partial charge in [-0.3, -0.25) is 4.79 Å². The number of esters is 1. The molecule has 2 N–H and O–H groups in total. The highest BCUT2D eigenvalue weighted by Crippen LogP contribution is 2.21. The van der Waals surface area contributed by atoms with Gasteiger partial charge >= 0.3 is 12.1 Å². The van der Waals surface area contributed by atoms with Gasteiger partial charge in [0.1, 0.15) is 22.5 Å². The van der Waals surface area contributed by atoms with E-state index in [0.29, 0.717) is 24.4 Å². The van der Waals surface area contributed by atoms with Crippen LogP contribution in [0.4, 0.5) is 4.79 Å². The minimum Gasteiger partial charge on any atom is -0.483 e. The van der Waals surface area contributed by atoms with Crippen LogP contribution in [0.2, 0.25) is 0 Å². The van der Waals surface area contributed by atoms with Crippen LogP contribution in [0.1, 0.15) is 90.4 Å². The molecule has 0 aliphatic heterocycles. The number of carbonyl (C=O) groups excluding carboxylic acids is 3. The summed E-state index contributed by atoms with van der Waals surface area (Å²) in [4.78, 5) is 36.0. The van der Waals surface area contributed by atoms with E-state index in [1.807, 2.05) is 20.8 Å². The third kappa shape index (κ3) is 14.4. The number of carbonyl (C=O) groups is 3. The minimum atomic E-state index is -0.613. The number of nitrogens with one attached hydrogen (secondary N) is 2. The van der Waals surface area contributed by atoms with Crippen LogP contribution in [-0.4, -0.2) is 48.9 Å². The van der Waals surface area contributed by atoms with Crippen molar-refractivity contribution in [2.24, 2.45) is 0 Å². The Morgan fingerprint density at radius 2 is 1.26 bits per heavy atom. The van der Waals surface area contributed by atoms with Crippen LogP contribution in [0.15, 0.2) is 24.3 Å². The van der Waals surface area contributed by atoms with E-state index in [1.54, 1.807) is 45.0 Å². The minimum absolute atomic E-state index is 0.162. The van der Waals surface area contributed by atoms with Crippen LogP contribution in [0.3, 0.4) is 0 Å². The van der Waals surface area contributed by atoms with Gasteiger partial charge in [-0.05, 0) is 66.5 Å². The number of hydrogen-bond donors (Lipinski definition) is 2. The first-order valence-electron chi connectivity index (χ1n) is 12.1. The van der Waals surface area contributed by atoms with E-state index < -0.39 is 17.2 Å². The Morgan fingerprint density at radius 1 is 0.735 bits per heavy atom. The molecule has 0 unspecified atom stereocenters. The number of benzene rings is 1. The van der Waals surface area contributed by atoms with Gasteiger partial charge in [-0.1, -0.05) is 37.8 Å². The first kappa shape index (κ1) is 29.3. The maximum atomic E-state index is 12.3. The quantitative estimate of drug-likeness (QED) is 0.305. The Labute approximate surface area is 204 Å². The molecular weight excluding hydrogens is 436 g/mol. The van der Waals surface area contributed by atoms with E-state index in [9.17, 15) is 14.4 Å². The van der Waals surface area contributed by atoms with Gasteiger partial charge in [0.05, 0.1) is 0 Å². The van der Waals surface area contributed by atoms with Crippen molar-refractivity contribution in [3.63, 3.8) is 0 Å². The summed E-state index contributed by atoms with van der Waals surface area (Å²) in [5.74, 6) is -0.385. The lowest BCUT2D eigenvalue weighted by Crippen LogP contribution is -2.32. The van der Waals surface area contributed by atoms with Gasteiger partial charge < -0.3 is 24.8 Å². The molecular formula is C26H42N2O6. The van der Waals surface area contributed by atoms with E-state index in [2.05, 4.69) is 10.6 Å². The lowest BCUT2D eigenvalue weighted by molar-refractivity contribution is -0.123. The van der Waals surface area contributed by atoms with Crippen molar-refractivity contribution in [1.29, 1.82) is 0 Å². The SMILES string of the molecule is CC(C)(C)OC(=O)NCCCCCCCCNC(=O)COc1ccccc1C(=O)OC(C)(C)C. The number of amides is 2. The zero-order valence-corrected chi connectivity index (χ0v) is 21.6. The van der Waals surface area contributed by atoms with Crippen LogP contribution >= 0.6 is 0 Å². The van der Waals surface area contributed by atoms with Crippen molar-refractivity contribution in [1.82, 2.24) is 10.6 Å². The summed E-state index contributed by atoms with van der Waals surface area (Å²) in [5.41, 5.74) is -0.791. The zero-order valence-electron chi connectivity index (χ0n) is 21.6. The van der Waals surface area contributed by atoms with Gasteiger partial charge in [-0.15, -0.1) is 0 Å². The highest BCUT2D eigenvalue weighted by Gasteiger charge is 2.21. The smallest absolute Gasteiger partial charge is 0.407 e. The second-order valence-corrected chi connectivity index (χ2v) is 10.2. The number of para-hydroxylation sites is 1. The molecule has 1 aromatic rings. The lowest BCUT2D eigenvalue weighted by Gasteiger charge is -2.20. The molecule has 0 spiro atoms. The lowest BCUT2D eigenvalue weighted by atomic mass is 10.1. The van der Waals surface area contributed by atoms with E-state index in [0.717, 1.165) is 38.5 Å². The molecule has 1 rings (SSSR count). The van der Waals surface area contributed by atoms with Gasteiger partial charge in [-0.25, -0.2) is 9.59 Å². The molecule has 0 fully saturated rings. The predicted molar refractivity (Wildman–Crippen MR) is 132 cm³/mol. The molecule has 0 saturated heterocycles. The molecule has 2 amide bonds. The molecule has 0 aromatic heterocycles. The number of unbranched alkanes of at least 4 members (excludes halogenated alkanes) is 5. The largest absolute Gasteiger partial charge is 0.483 e. The summed E-state index contributed by atoms with van der Waals surface area (Å²) in [6.45, 7) is 11.9. The highest BCUT2D eigenvalue weighted by molar-refractivity contribution is 5.93. The Kier molecular flexibility index (Phi) is 12.5. The average molecular weight is 479 g/mol. The highest BCUT2D eigenvalue weighted by atomic mass is 16.6. The monoisotopic (exact) mass is 478 g/mol. The number of hydrogen-bond acceptors (Lipinski definition) is 6. The first-order valence-corrected chi connectivity index (χ1v) is 12.1. The number of rotatable bonds is 13. The molecule has 0 aliphatic carbocycles. The molecule has 0 heterocycles. The molecule has 0 saturated carbocycles. The second-order valence-electron chi connectivity index (χ2n) is 10.2. The van der Waals surface area contributed by atoms with Crippen molar-refractivity contribution in [2.75, 3.05) is 19.7 Å². The maximum absolute atomic E-state index is 12.3. The summed E-state index contributed by atoms with van der Waals surface area (Å²) in [6, 6.07) is 6.74. The molecule has 0 aliphatic rings. The van der Waals surface area contributed by atoms with Crippen molar-refractivity contribution in [3.8, 4) is 5.75 Å². The van der Waals surface area contributed by atoms with Crippen molar-refractivity contribution < 1.29 is 28.6 Å². The Bertz CT molecular complexity index is 780. The maximum Gasteiger partial charge on any atom is 0.407 e. The predicted octanol–water partition coefficient (Wildman–Crippen LogP) is 5.00. The van der Waals surface area contributed by atoms with Gasteiger partial charge in [0.2, 0.25) is 0 Å². The van der Waals surface area contributed by atoms with Gasteiger partial charge in [0, 0.05) is 13.1 Å². The summed E-state index contributed by atoms with van der Waals surface area (Å²) in [6.07, 6.45) is 5.63. The van der Waals surface area contributed by atoms with Crippen molar-refractivity contribution >= 4 is 18.0 Å². The molecule has 8 nitrogen and oxygen atoms in total. The van der Waals surface area contributed by atoms with E-state index >= 15 is 0 Å². The molecule has 192 valence electrons. The van der Waals surface area contributed by atoms with Gasteiger partial charge in [0.15, 0.2) is 6.61 Å². The summed E-state index contributed by atoms with van der Waals surface area (Å²) in [7, 11) is 0. The van der Waals surface area contributed by atoms with Crippen molar-refractivity contribution in [2.45, 2.75) is 91.3 Å². The molecule has 1 aromatic carbocycles. The first-order chi connectivity index (χ1) is 15.9. The van der Waals surface area contributed by atoms with E-state index in [-0.39, 0.29) is 18.6 Å². The Morgan fingerprint density at radius 3 is 1.85 bits per heavy atom.